The zero-order valence-electron chi connectivity index (χ0n) is 14.6. The Hall–Kier alpha value is -2.89. The van der Waals surface area contributed by atoms with Crippen LogP contribution in [-0.2, 0) is 16.0 Å². The number of ether oxygens (including phenoxy) is 5. The Morgan fingerprint density at radius 2 is 1.44 bits per heavy atom. The Kier molecular flexibility index (Phi) is 4.70. The van der Waals surface area contributed by atoms with Crippen LogP contribution in [0.15, 0.2) is 30.3 Å². The fourth-order valence-electron chi connectivity index (χ4n) is 2.99. The molecule has 0 fully saturated rings. The van der Waals surface area contributed by atoms with Crippen LogP contribution in [0.2, 0.25) is 0 Å². The molecule has 3 rings (SSSR count). The molecule has 0 aromatic heterocycles. The Morgan fingerprint density at radius 1 is 0.840 bits per heavy atom. The molecule has 0 amide bonds. The molecular weight excluding hydrogens is 324 g/mol. The van der Waals surface area contributed by atoms with Gasteiger partial charge in [0.05, 0.1) is 34.9 Å². The van der Waals surface area contributed by atoms with Crippen LogP contribution < -0.4 is 18.9 Å². The molecule has 6 nitrogen and oxygen atoms in total. The van der Waals surface area contributed by atoms with Crippen molar-refractivity contribution in [3.63, 3.8) is 0 Å². The average Bonchev–Trinajstić information content (AvgIpc) is 2.65. The van der Waals surface area contributed by atoms with Crippen LogP contribution in [0.1, 0.15) is 22.8 Å². The number of carbonyl (C=O) groups is 1. The predicted octanol–water partition coefficient (Wildman–Crippen LogP) is 2.91. The van der Waals surface area contributed by atoms with Crippen molar-refractivity contribution in [1.82, 2.24) is 0 Å². The predicted molar refractivity (Wildman–Crippen MR) is 90.7 cm³/mol. The van der Waals surface area contributed by atoms with Crippen molar-refractivity contribution < 1.29 is 28.5 Å². The molecule has 0 saturated heterocycles. The lowest BCUT2D eigenvalue weighted by Crippen LogP contribution is -2.22. The lowest BCUT2D eigenvalue weighted by Gasteiger charge is -2.27. The molecule has 0 saturated carbocycles. The molecule has 132 valence electrons. The van der Waals surface area contributed by atoms with Crippen molar-refractivity contribution in [3.05, 3.63) is 47.0 Å². The second-order valence-electron chi connectivity index (χ2n) is 5.57. The number of cyclic esters (lactones) is 1. The van der Waals surface area contributed by atoms with E-state index in [2.05, 4.69) is 0 Å². The van der Waals surface area contributed by atoms with Gasteiger partial charge in [0.15, 0.2) is 29.1 Å². The molecule has 1 aliphatic heterocycles. The maximum Gasteiger partial charge on any atom is 0.311 e. The maximum atomic E-state index is 12.1. The minimum absolute atomic E-state index is 0.194. The molecule has 2 aromatic carbocycles. The number of esters is 1. The highest BCUT2D eigenvalue weighted by Gasteiger charge is 2.30. The molecule has 25 heavy (non-hydrogen) atoms. The largest absolute Gasteiger partial charge is 0.493 e. The van der Waals surface area contributed by atoms with Gasteiger partial charge in [0.2, 0.25) is 0 Å². The maximum absolute atomic E-state index is 12.1. The van der Waals surface area contributed by atoms with E-state index < -0.39 is 6.10 Å². The number of hydrogen-bond acceptors (Lipinski definition) is 6. The summed E-state index contributed by atoms with van der Waals surface area (Å²) in [7, 11) is 6.28. The van der Waals surface area contributed by atoms with Gasteiger partial charge in [0.25, 0.3) is 0 Å². The van der Waals surface area contributed by atoms with E-state index in [1.807, 2.05) is 24.3 Å². The van der Waals surface area contributed by atoms with E-state index in [9.17, 15) is 4.79 Å². The molecule has 1 aliphatic rings. The van der Waals surface area contributed by atoms with Crippen molar-refractivity contribution in [2.24, 2.45) is 0 Å². The molecule has 0 spiro atoms. The number of carbonyl (C=O) groups excluding carboxylic acids is 1. The molecule has 1 atom stereocenters. The minimum Gasteiger partial charge on any atom is -0.493 e. The van der Waals surface area contributed by atoms with Crippen molar-refractivity contribution in [2.75, 3.05) is 28.4 Å². The third kappa shape index (κ3) is 3.07. The van der Waals surface area contributed by atoms with Gasteiger partial charge >= 0.3 is 5.97 Å². The van der Waals surface area contributed by atoms with Crippen LogP contribution in [0.5, 0.6) is 23.0 Å². The smallest absolute Gasteiger partial charge is 0.311 e. The third-order valence-electron chi connectivity index (χ3n) is 4.22. The normalized spacial score (nSPS) is 15.8. The number of fused-ring (bicyclic) bond motifs is 1. The number of benzene rings is 2. The Bertz CT molecular complexity index is 799. The van der Waals surface area contributed by atoms with Gasteiger partial charge in [-0.05, 0) is 29.8 Å². The molecule has 2 aromatic rings. The zero-order chi connectivity index (χ0) is 18.0. The van der Waals surface area contributed by atoms with Crippen LogP contribution in [0.3, 0.4) is 0 Å². The Labute approximate surface area is 146 Å². The fraction of sp³-hybridized carbons (Fsp3) is 0.316. The van der Waals surface area contributed by atoms with E-state index in [0.717, 1.165) is 16.7 Å². The number of hydrogen-bond donors (Lipinski definition) is 0. The summed E-state index contributed by atoms with van der Waals surface area (Å²) >= 11 is 0. The van der Waals surface area contributed by atoms with Crippen molar-refractivity contribution >= 4 is 5.97 Å². The zero-order valence-corrected chi connectivity index (χ0v) is 14.6. The molecule has 0 N–H and O–H groups in total. The van der Waals surface area contributed by atoms with E-state index in [-0.39, 0.29) is 12.4 Å². The summed E-state index contributed by atoms with van der Waals surface area (Å²) in [5, 5.41) is 0. The second-order valence-corrected chi connectivity index (χ2v) is 5.57. The quantitative estimate of drug-likeness (QED) is 0.777. The van der Waals surface area contributed by atoms with Crippen molar-refractivity contribution in [1.29, 1.82) is 0 Å². The van der Waals surface area contributed by atoms with E-state index >= 15 is 0 Å². The van der Waals surface area contributed by atoms with Gasteiger partial charge in [-0.2, -0.15) is 0 Å². The van der Waals surface area contributed by atoms with Crippen LogP contribution in [-0.4, -0.2) is 34.4 Å². The molecular formula is C19H20O6. The summed E-state index contributed by atoms with van der Waals surface area (Å²) in [6.45, 7) is 0. The molecule has 6 heteroatoms. The van der Waals surface area contributed by atoms with Crippen molar-refractivity contribution in [3.8, 4) is 23.0 Å². The molecule has 0 unspecified atom stereocenters. The summed E-state index contributed by atoms with van der Waals surface area (Å²) in [5.74, 6) is 2.07. The van der Waals surface area contributed by atoms with Gasteiger partial charge in [-0.25, -0.2) is 0 Å². The first-order chi connectivity index (χ1) is 12.1. The van der Waals surface area contributed by atoms with Gasteiger partial charge < -0.3 is 23.7 Å². The molecule has 0 radical (unpaired) electrons. The van der Waals surface area contributed by atoms with Gasteiger partial charge in [-0.3, -0.25) is 4.79 Å². The summed E-state index contributed by atoms with van der Waals surface area (Å²) in [6, 6.07) is 9.12. The summed E-state index contributed by atoms with van der Waals surface area (Å²) < 4.78 is 26.9. The number of methoxy groups -OCH3 is 4. The highest BCUT2D eigenvalue weighted by Crippen LogP contribution is 2.41. The van der Waals surface area contributed by atoms with Crippen molar-refractivity contribution in [2.45, 2.75) is 12.5 Å². The first-order valence-electron chi connectivity index (χ1n) is 7.77. The first kappa shape index (κ1) is 17.0. The van der Waals surface area contributed by atoms with E-state index in [1.165, 1.54) is 0 Å². The summed E-state index contributed by atoms with van der Waals surface area (Å²) in [6.07, 6.45) is -0.352. The van der Waals surface area contributed by atoms with Gasteiger partial charge in [-0.1, -0.05) is 6.07 Å². The van der Waals surface area contributed by atoms with Crippen LogP contribution >= 0.6 is 0 Å². The first-order valence-corrected chi connectivity index (χ1v) is 7.77. The topological polar surface area (TPSA) is 63.2 Å². The van der Waals surface area contributed by atoms with E-state index in [0.29, 0.717) is 23.0 Å². The SMILES string of the molecule is COc1ccc([C@@H]2OC(=O)Cc3cc(OC)c(OC)cc32)cc1OC. The lowest BCUT2D eigenvalue weighted by atomic mass is 9.92. The highest BCUT2D eigenvalue weighted by atomic mass is 16.5. The standard InChI is InChI=1S/C19H20O6/c1-21-14-6-5-11(7-15(14)22-2)19-13-10-17(24-4)16(23-3)8-12(13)9-18(20)25-19/h5-8,10,19H,9H2,1-4H3/t19-/m0/s1. The minimum atomic E-state index is -0.545. The fourth-order valence-corrected chi connectivity index (χ4v) is 2.99. The Morgan fingerprint density at radius 3 is 2.08 bits per heavy atom. The second kappa shape index (κ2) is 6.93. The number of rotatable bonds is 5. The van der Waals surface area contributed by atoms with Crippen LogP contribution in [0, 0.1) is 0 Å². The van der Waals surface area contributed by atoms with E-state index in [4.69, 9.17) is 23.7 Å². The third-order valence-corrected chi connectivity index (χ3v) is 4.22. The molecule has 0 bridgehead atoms. The van der Waals surface area contributed by atoms with Gasteiger partial charge in [0, 0.05) is 11.1 Å². The summed E-state index contributed by atoms with van der Waals surface area (Å²) in [4.78, 5) is 12.1. The summed E-state index contributed by atoms with van der Waals surface area (Å²) in [5.41, 5.74) is 2.51. The highest BCUT2D eigenvalue weighted by molar-refractivity contribution is 5.77. The molecule has 0 aliphatic carbocycles. The van der Waals surface area contributed by atoms with Crippen LogP contribution in [0.4, 0.5) is 0 Å². The van der Waals surface area contributed by atoms with E-state index in [1.54, 1.807) is 34.5 Å². The monoisotopic (exact) mass is 344 g/mol. The Balaban J connectivity index is 2.11. The molecule has 1 heterocycles. The van der Waals surface area contributed by atoms with Gasteiger partial charge in [0.1, 0.15) is 0 Å². The average molecular weight is 344 g/mol. The van der Waals surface area contributed by atoms with Crippen LogP contribution in [0.25, 0.3) is 0 Å². The van der Waals surface area contributed by atoms with Gasteiger partial charge in [-0.15, -0.1) is 0 Å². The lowest BCUT2D eigenvalue weighted by molar-refractivity contribution is -0.148.